The zero-order valence-corrected chi connectivity index (χ0v) is 19.9. The van der Waals surface area contributed by atoms with Gasteiger partial charge in [-0.15, -0.1) is 0 Å². The van der Waals surface area contributed by atoms with E-state index in [0.29, 0.717) is 0 Å². The highest BCUT2D eigenvalue weighted by molar-refractivity contribution is 6.12. The van der Waals surface area contributed by atoms with Crippen LogP contribution in [0, 0.1) is 0 Å². The van der Waals surface area contributed by atoms with Gasteiger partial charge in [0.15, 0.2) is 0 Å². The molecule has 0 aromatic heterocycles. The second-order valence-corrected chi connectivity index (χ2v) is 10.6. The van der Waals surface area contributed by atoms with Crippen LogP contribution in [0.5, 0.6) is 0 Å². The molecule has 0 N–H and O–H groups in total. The van der Waals surface area contributed by atoms with Crippen LogP contribution in [-0.2, 0) is 5.41 Å². The van der Waals surface area contributed by atoms with E-state index in [9.17, 15) is 0 Å². The molecule has 7 rings (SSSR count). The molecule has 0 spiro atoms. The molecule has 1 fully saturated rings. The van der Waals surface area contributed by atoms with E-state index in [4.69, 9.17) is 0 Å². The summed E-state index contributed by atoms with van der Waals surface area (Å²) in [6.07, 6.45) is 3.73. The van der Waals surface area contributed by atoms with Gasteiger partial charge in [-0.2, -0.15) is 0 Å². The van der Waals surface area contributed by atoms with Crippen molar-refractivity contribution in [2.45, 2.75) is 44.1 Å². The summed E-state index contributed by atoms with van der Waals surface area (Å²) < 4.78 is 0. The van der Waals surface area contributed by atoms with E-state index in [0.717, 1.165) is 0 Å². The highest BCUT2D eigenvalue weighted by atomic mass is 15.3. The first-order valence-electron chi connectivity index (χ1n) is 12.5. The minimum Gasteiger partial charge on any atom is -0.334 e. The summed E-state index contributed by atoms with van der Waals surface area (Å²) in [7, 11) is 0. The van der Waals surface area contributed by atoms with Crippen LogP contribution in [0.4, 0.5) is 11.4 Å². The maximum atomic E-state index is 2.64. The molecule has 5 aromatic carbocycles. The van der Waals surface area contributed by atoms with E-state index in [1.54, 1.807) is 0 Å². The highest BCUT2D eigenvalue weighted by Crippen LogP contribution is 2.62. The third-order valence-electron chi connectivity index (χ3n) is 8.93. The molecule has 34 heavy (non-hydrogen) atoms. The number of nitrogens with zero attached hydrogens (tertiary/aromatic N) is 1. The minimum absolute atomic E-state index is 0.0934. The molecule has 1 heterocycles. The van der Waals surface area contributed by atoms with Crippen molar-refractivity contribution < 1.29 is 0 Å². The maximum Gasteiger partial charge on any atom is 0.0517 e. The van der Waals surface area contributed by atoms with Gasteiger partial charge in [0, 0.05) is 16.8 Å². The molecule has 1 heteroatoms. The summed E-state index contributed by atoms with van der Waals surface area (Å²) in [5.41, 5.74) is 7.11. The lowest BCUT2D eigenvalue weighted by Gasteiger charge is -2.42. The Hall–Kier alpha value is -3.58. The fourth-order valence-corrected chi connectivity index (χ4v) is 7.03. The smallest absolute Gasteiger partial charge is 0.0517 e. The van der Waals surface area contributed by atoms with Gasteiger partial charge in [0.2, 0.25) is 0 Å². The first-order chi connectivity index (χ1) is 16.6. The van der Waals surface area contributed by atoms with E-state index >= 15 is 0 Å². The van der Waals surface area contributed by atoms with Crippen LogP contribution in [0.15, 0.2) is 103 Å². The fraction of sp³-hybridized carbons (Fsp3) is 0.212. The summed E-state index contributed by atoms with van der Waals surface area (Å²) in [4.78, 5) is 2.64. The molecule has 1 aliphatic heterocycles. The Labute approximate surface area is 201 Å². The molecule has 2 aliphatic rings. The predicted molar refractivity (Wildman–Crippen MR) is 145 cm³/mol. The monoisotopic (exact) mass is 439 g/mol. The number of fused-ring (bicyclic) bond motifs is 5. The van der Waals surface area contributed by atoms with Crippen molar-refractivity contribution in [3.8, 4) is 11.1 Å². The lowest BCUT2D eigenvalue weighted by Crippen LogP contribution is -2.48. The second-order valence-electron chi connectivity index (χ2n) is 10.6. The SMILES string of the molecule is CC12CCCC1(C)N(c1ccccc1)c1ccc(-c3c4ccccc4cc4ccccc34)cc12. The Morgan fingerprint density at radius 1 is 0.647 bits per heavy atom. The standard InChI is InChI=1S/C33H29N/c1-32-19-10-20-33(32,2)34(26-13-4-3-5-14-26)30-18-17-25(22-29(30)32)31-27-15-8-6-11-23(27)21-24-12-7-9-16-28(24)31/h3-9,11-18,21-22H,10,19-20H2,1-2H3. The quantitative estimate of drug-likeness (QED) is 0.248. The van der Waals surface area contributed by atoms with Crippen molar-refractivity contribution >= 4 is 32.9 Å². The third-order valence-corrected chi connectivity index (χ3v) is 8.93. The number of hydrogen-bond donors (Lipinski definition) is 0. The Morgan fingerprint density at radius 3 is 2.00 bits per heavy atom. The van der Waals surface area contributed by atoms with E-state index in [-0.39, 0.29) is 11.0 Å². The molecule has 0 amide bonds. The van der Waals surface area contributed by atoms with E-state index in [2.05, 4.69) is 122 Å². The summed E-state index contributed by atoms with van der Waals surface area (Å²) in [6, 6.07) is 38.3. The Kier molecular flexibility index (Phi) is 4.06. The third kappa shape index (κ3) is 2.50. The molecule has 5 aromatic rings. The highest BCUT2D eigenvalue weighted by Gasteiger charge is 2.59. The molecule has 1 aliphatic carbocycles. The molecule has 166 valence electrons. The van der Waals surface area contributed by atoms with Gasteiger partial charge in [-0.05, 0) is 88.3 Å². The average Bonchev–Trinajstić information content (AvgIpc) is 3.27. The van der Waals surface area contributed by atoms with Crippen LogP contribution in [0.1, 0.15) is 38.7 Å². The summed E-state index contributed by atoms with van der Waals surface area (Å²) in [6.45, 7) is 4.99. The first kappa shape index (κ1) is 19.9. The topological polar surface area (TPSA) is 3.24 Å². The zero-order chi connectivity index (χ0) is 22.9. The van der Waals surface area contributed by atoms with Crippen LogP contribution in [0.25, 0.3) is 32.7 Å². The number of para-hydroxylation sites is 1. The first-order valence-corrected chi connectivity index (χ1v) is 12.5. The van der Waals surface area contributed by atoms with Gasteiger partial charge < -0.3 is 4.90 Å². The number of hydrogen-bond acceptors (Lipinski definition) is 1. The lowest BCUT2D eigenvalue weighted by molar-refractivity contribution is 0.330. The van der Waals surface area contributed by atoms with Crippen molar-refractivity contribution in [1.82, 2.24) is 0 Å². The number of rotatable bonds is 2. The Morgan fingerprint density at radius 2 is 1.29 bits per heavy atom. The molecule has 0 bridgehead atoms. The average molecular weight is 440 g/mol. The van der Waals surface area contributed by atoms with Crippen molar-refractivity contribution in [1.29, 1.82) is 0 Å². The number of benzene rings is 5. The Balaban J connectivity index is 1.52. The minimum atomic E-state index is 0.0934. The van der Waals surface area contributed by atoms with Gasteiger partial charge in [0.1, 0.15) is 0 Å². The van der Waals surface area contributed by atoms with Crippen molar-refractivity contribution in [2.24, 2.45) is 0 Å². The van der Waals surface area contributed by atoms with Gasteiger partial charge in [-0.1, -0.05) is 86.1 Å². The van der Waals surface area contributed by atoms with Crippen molar-refractivity contribution in [2.75, 3.05) is 4.90 Å². The van der Waals surface area contributed by atoms with Crippen LogP contribution in [0.2, 0.25) is 0 Å². The van der Waals surface area contributed by atoms with E-state index in [1.807, 2.05) is 0 Å². The second kappa shape index (κ2) is 6.96. The molecular formula is C33H29N. The van der Waals surface area contributed by atoms with Gasteiger partial charge in [-0.25, -0.2) is 0 Å². The van der Waals surface area contributed by atoms with Gasteiger partial charge >= 0.3 is 0 Å². The van der Waals surface area contributed by atoms with Gasteiger partial charge in [-0.3, -0.25) is 0 Å². The summed E-state index contributed by atoms with van der Waals surface area (Å²) in [5, 5.41) is 5.27. The van der Waals surface area contributed by atoms with Crippen molar-refractivity contribution in [3.05, 3.63) is 109 Å². The van der Waals surface area contributed by atoms with Crippen LogP contribution >= 0.6 is 0 Å². The van der Waals surface area contributed by atoms with Crippen LogP contribution in [0.3, 0.4) is 0 Å². The molecule has 1 nitrogen and oxygen atoms in total. The number of anilines is 2. The maximum absolute atomic E-state index is 2.64. The van der Waals surface area contributed by atoms with Crippen LogP contribution < -0.4 is 4.90 Å². The molecular weight excluding hydrogens is 410 g/mol. The fourth-order valence-electron chi connectivity index (χ4n) is 7.03. The zero-order valence-electron chi connectivity index (χ0n) is 19.9. The Bertz CT molecular complexity index is 1510. The molecule has 0 radical (unpaired) electrons. The summed E-state index contributed by atoms with van der Waals surface area (Å²) >= 11 is 0. The van der Waals surface area contributed by atoms with E-state index < -0.39 is 0 Å². The molecule has 2 unspecified atom stereocenters. The molecule has 2 atom stereocenters. The summed E-state index contributed by atoms with van der Waals surface area (Å²) in [5.74, 6) is 0. The van der Waals surface area contributed by atoms with E-state index in [1.165, 1.54) is 68.9 Å². The molecule has 0 saturated heterocycles. The molecule has 1 saturated carbocycles. The van der Waals surface area contributed by atoms with Gasteiger partial charge in [0.25, 0.3) is 0 Å². The normalized spacial score (nSPS) is 23.4. The van der Waals surface area contributed by atoms with Gasteiger partial charge in [0.05, 0.1) is 5.54 Å². The predicted octanol–water partition coefficient (Wildman–Crippen LogP) is 9.01. The lowest BCUT2D eigenvalue weighted by atomic mass is 9.71. The van der Waals surface area contributed by atoms with Crippen LogP contribution in [-0.4, -0.2) is 5.54 Å². The largest absolute Gasteiger partial charge is 0.334 e. The van der Waals surface area contributed by atoms with Crippen molar-refractivity contribution in [3.63, 3.8) is 0 Å².